The highest BCUT2D eigenvalue weighted by atomic mass is 16.5. The SMILES string of the molecule is COc1ccc(-c2cc3c(OC)cc(OC)cc3o2)cc1. The van der Waals surface area contributed by atoms with E-state index >= 15 is 0 Å². The van der Waals surface area contributed by atoms with Crippen LogP contribution in [0.4, 0.5) is 0 Å². The first-order valence-corrected chi connectivity index (χ1v) is 6.55. The summed E-state index contributed by atoms with van der Waals surface area (Å²) in [5.74, 6) is 3.02. The zero-order chi connectivity index (χ0) is 14.8. The molecule has 21 heavy (non-hydrogen) atoms. The molecule has 0 aliphatic carbocycles. The summed E-state index contributed by atoms with van der Waals surface area (Å²) in [4.78, 5) is 0. The summed E-state index contributed by atoms with van der Waals surface area (Å²) in [6.07, 6.45) is 0. The molecule has 0 fully saturated rings. The van der Waals surface area contributed by atoms with Crippen molar-refractivity contribution in [2.75, 3.05) is 21.3 Å². The van der Waals surface area contributed by atoms with Gasteiger partial charge in [0, 0.05) is 17.7 Å². The van der Waals surface area contributed by atoms with Gasteiger partial charge in [-0.25, -0.2) is 0 Å². The average molecular weight is 284 g/mol. The number of methoxy groups -OCH3 is 3. The van der Waals surface area contributed by atoms with E-state index in [-0.39, 0.29) is 0 Å². The van der Waals surface area contributed by atoms with Crippen molar-refractivity contribution < 1.29 is 18.6 Å². The fraction of sp³-hybridized carbons (Fsp3) is 0.176. The molecule has 2 aromatic carbocycles. The Balaban J connectivity index is 2.11. The highest BCUT2D eigenvalue weighted by molar-refractivity contribution is 5.89. The van der Waals surface area contributed by atoms with E-state index in [1.165, 1.54) is 0 Å². The van der Waals surface area contributed by atoms with Gasteiger partial charge in [0.05, 0.1) is 26.7 Å². The Kier molecular flexibility index (Phi) is 3.44. The molecule has 0 atom stereocenters. The fourth-order valence-corrected chi connectivity index (χ4v) is 2.27. The third-order valence-electron chi connectivity index (χ3n) is 3.40. The monoisotopic (exact) mass is 284 g/mol. The number of fused-ring (bicyclic) bond motifs is 1. The van der Waals surface area contributed by atoms with Crippen molar-refractivity contribution in [3.8, 4) is 28.6 Å². The standard InChI is InChI=1S/C17H16O4/c1-18-12-6-4-11(5-7-12)15-10-14-16(20-3)8-13(19-2)9-17(14)21-15/h4-10H,1-3H3. The summed E-state index contributed by atoms with van der Waals surface area (Å²) < 4.78 is 21.7. The van der Waals surface area contributed by atoms with Gasteiger partial charge < -0.3 is 18.6 Å². The number of benzene rings is 2. The molecule has 4 nitrogen and oxygen atoms in total. The predicted octanol–water partition coefficient (Wildman–Crippen LogP) is 4.13. The Labute approximate surface area is 122 Å². The van der Waals surface area contributed by atoms with Crippen LogP contribution in [0.1, 0.15) is 0 Å². The van der Waals surface area contributed by atoms with Crippen molar-refractivity contribution in [3.05, 3.63) is 42.5 Å². The van der Waals surface area contributed by atoms with E-state index in [4.69, 9.17) is 18.6 Å². The highest BCUT2D eigenvalue weighted by Crippen LogP contribution is 2.36. The molecular formula is C17H16O4. The number of rotatable bonds is 4. The average Bonchev–Trinajstić information content (AvgIpc) is 2.97. The molecule has 1 heterocycles. The Morgan fingerprint density at radius 3 is 2.10 bits per heavy atom. The molecule has 0 saturated heterocycles. The Morgan fingerprint density at radius 2 is 1.48 bits per heavy atom. The minimum atomic E-state index is 0.704. The van der Waals surface area contributed by atoms with Crippen molar-refractivity contribution in [1.82, 2.24) is 0 Å². The van der Waals surface area contributed by atoms with Crippen LogP contribution in [-0.4, -0.2) is 21.3 Å². The van der Waals surface area contributed by atoms with Crippen LogP contribution in [0.15, 0.2) is 46.9 Å². The van der Waals surface area contributed by atoms with Crippen molar-refractivity contribution in [2.24, 2.45) is 0 Å². The zero-order valence-electron chi connectivity index (χ0n) is 12.2. The minimum Gasteiger partial charge on any atom is -0.497 e. The largest absolute Gasteiger partial charge is 0.497 e. The van der Waals surface area contributed by atoms with Gasteiger partial charge in [0.25, 0.3) is 0 Å². The van der Waals surface area contributed by atoms with E-state index in [0.29, 0.717) is 5.75 Å². The molecule has 0 N–H and O–H groups in total. The van der Waals surface area contributed by atoms with Gasteiger partial charge in [-0.2, -0.15) is 0 Å². The van der Waals surface area contributed by atoms with E-state index < -0.39 is 0 Å². The lowest BCUT2D eigenvalue weighted by Gasteiger charge is -2.04. The topological polar surface area (TPSA) is 40.8 Å². The number of ether oxygens (including phenoxy) is 3. The van der Waals surface area contributed by atoms with Gasteiger partial charge in [-0.1, -0.05) is 0 Å². The molecule has 0 radical (unpaired) electrons. The third-order valence-corrected chi connectivity index (χ3v) is 3.40. The van der Waals surface area contributed by atoms with Crippen LogP contribution in [0.3, 0.4) is 0 Å². The molecule has 3 rings (SSSR count). The van der Waals surface area contributed by atoms with Gasteiger partial charge in [0.2, 0.25) is 0 Å². The summed E-state index contributed by atoms with van der Waals surface area (Å²) in [5, 5.41) is 0.920. The Morgan fingerprint density at radius 1 is 0.762 bits per heavy atom. The molecule has 4 heteroatoms. The van der Waals surface area contributed by atoms with E-state index in [9.17, 15) is 0 Å². The molecule has 0 saturated carbocycles. The predicted molar refractivity (Wildman–Crippen MR) is 81.3 cm³/mol. The van der Waals surface area contributed by atoms with Crippen LogP contribution in [0.5, 0.6) is 17.2 Å². The number of hydrogen-bond donors (Lipinski definition) is 0. The highest BCUT2D eigenvalue weighted by Gasteiger charge is 2.12. The first-order valence-electron chi connectivity index (χ1n) is 6.55. The van der Waals surface area contributed by atoms with Gasteiger partial charge in [0.15, 0.2) is 0 Å². The van der Waals surface area contributed by atoms with Crippen LogP contribution < -0.4 is 14.2 Å². The maximum atomic E-state index is 5.91. The Bertz CT molecular complexity index is 756. The molecule has 0 spiro atoms. The molecule has 0 unspecified atom stereocenters. The summed E-state index contributed by atoms with van der Waals surface area (Å²) in [7, 11) is 4.90. The maximum Gasteiger partial charge on any atom is 0.142 e. The van der Waals surface area contributed by atoms with Crippen LogP contribution in [0, 0.1) is 0 Å². The quantitative estimate of drug-likeness (QED) is 0.722. The molecule has 0 aliphatic rings. The Hall–Kier alpha value is -2.62. The van der Waals surface area contributed by atoms with Crippen molar-refractivity contribution in [2.45, 2.75) is 0 Å². The lowest BCUT2D eigenvalue weighted by molar-refractivity contribution is 0.397. The second-order valence-corrected chi connectivity index (χ2v) is 4.58. The van der Waals surface area contributed by atoms with Gasteiger partial charge in [0.1, 0.15) is 28.6 Å². The molecule has 0 amide bonds. The van der Waals surface area contributed by atoms with Crippen LogP contribution in [-0.2, 0) is 0 Å². The van der Waals surface area contributed by atoms with E-state index in [1.54, 1.807) is 21.3 Å². The molecule has 0 aliphatic heterocycles. The normalized spacial score (nSPS) is 10.6. The van der Waals surface area contributed by atoms with Gasteiger partial charge in [-0.05, 0) is 30.3 Å². The van der Waals surface area contributed by atoms with E-state index in [0.717, 1.165) is 33.8 Å². The van der Waals surface area contributed by atoms with Crippen LogP contribution in [0.2, 0.25) is 0 Å². The maximum absolute atomic E-state index is 5.91. The van der Waals surface area contributed by atoms with E-state index in [1.807, 2.05) is 42.5 Å². The molecular weight excluding hydrogens is 268 g/mol. The third kappa shape index (κ3) is 2.40. The molecule has 108 valence electrons. The second-order valence-electron chi connectivity index (χ2n) is 4.58. The van der Waals surface area contributed by atoms with Crippen LogP contribution >= 0.6 is 0 Å². The second kappa shape index (κ2) is 5.40. The fourth-order valence-electron chi connectivity index (χ4n) is 2.27. The summed E-state index contributed by atoms with van der Waals surface area (Å²) in [6.45, 7) is 0. The summed E-state index contributed by atoms with van der Waals surface area (Å²) >= 11 is 0. The van der Waals surface area contributed by atoms with E-state index in [2.05, 4.69) is 0 Å². The van der Waals surface area contributed by atoms with Crippen LogP contribution in [0.25, 0.3) is 22.3 Å². The lowest BCUT2D eigenvalue weighted by Crippen LogP contribution is -1.86. The smallest absolute Gasteiger partial charge is 0.142 e. The van der Waals surface area contributed by atoms with Crippen molar-refractivity contribution >= 4 is 11.0 Å². The summed E-state index contributed by atoms with van der Waals surface area (Å²) in [5.41, 5.74) is 1.71. The zero-order valence-corrected chi connectivity index (χ0v) is 12.2. The molecule has 0 bridgehead atoms. The van der Waals surface area contributed by atoms with Crippen molar-refractivity contribution in [3.63, 3.8) is 0 Å². The molecule has 3 aromatic rings. The minimum absolute atomic E-state index is 0.704. The lowest BCUT2D eigenvalue weighted by atomic mass is 10.1. The van der Waals surface area contributed by atoms with Gasteiger partial charge >= 0.3 is 0 Å². The van der Waals surface area contributed by atoms with Crippen molar-refractivity contribution in [1.29, 1.82) is 0 Å². The first kappa shape index (κ1) is 13.4. The van der Waals surface area contributed by atoms with Gasteiger partial charge in [-0.3, -0.25) is 0 Å². The molecule has 1 aromatic heterocycles. The number of furan rings is 1. The first-order chi connectivity index (χ1) is 10.2. The number of hydrogen-bond acceptors (Lipinski definition) is 4. The van der Waals surface area contributed by atoms with Gasteiger partial charge in [-0.15, -0.1) is 0 Å². The summed E-state index contributed by atoms with van der Waals surface area (Å²) in [6, 6.07) is 13.4.